The largest absolute Gasteiger partial charge is 0.497 e. The number of thiazole rings is 1. The molecular formula is C20H21N3O2S. The van der Waals surface area contributed by atoms with Crippen LogP contribution < -0.4 is 15.4 Å². The average Bonchev–Trinajstić information content (AvgIpc) is 3.14. The number of benzene rings is 2. The lowest BCUT2D eigenvalue weighted by molar-refractivity contribution is 0.252. The Hall–Kier alpha value is -2.86. The van der Waals surface area contributed by atoms with E-state index in [9.17, 15) is 4.79 Å². The zero-order valence-electron chi connectivity index (χ0n) is 14.6. The van der Waals surface area contributed by atoms with Gasteiger partial charge >= 0.3 is 6.03 Å². The summed E-state index contributed by atoms with van der Waals surface area (Å²) in [6.07, 6.45) is 1.84. The van der Waals surface area contributed by atoms with Gasteiger partial charge in [-0.3, -0.25) is 5.32 Å². The molecule has 0 bridgehead atoms. The van der Waals surface area contributed by atoms with E-state index in [1.165, 1.54) is 16.9 Å². The van der Waals surface area contributed by atoms with Crippen LogP contribution in [0, 0.1) is 0 Å². The van der Waals surface area contributed by atoms with Gasteiger partial charge in [0.1, 0.15) is 5.75 Å². The van der Waals surface area contributed by atoms with Gasteiger partial charge < -0.3 is 10.1 Å². The third-order valence-corrected chi connectivity index (χ3v) is 4.62. The molecule has 0 fully saturated rings. The van der Waals surface area contributed by atoms with Crippen LogP contribution in [0.1, 0.15) is 12.0 Å². The number of urea groups is 1. The lowest BCUT2D eigenvalue weighted by Gasteiger charge is -2.05. The van der Waals surface area contributed by atoms with Gasteiger partial charge in [0, 0.05) is 17.5 Å². The monoisotopic (exact) mass is 367 g/mol. The highest BCUT2D eigenvalue weighted by Crippen LogP contribution is 2.27. The molecule has 6 heteroatoms. The lowest BCUT2D eigenvalue weighted by Crippen LogP contribution is -2.29. The van der Waals surface area contributed by atoms with Gasteiger partial charge in [0.05, 0.1) is 12.8 Å². The summed E-state index contributed by atoms with van der Waals surface area (Å²) in [6, 6.07) is 17.7. The van der Waals surface area contributed by atoms with Crippen LogP contribution in [0.15, 0.2) is 60.0 Å². The fourth-order valence-electron chi connectivity index (χ4n) is 2.53. The van der Waals surface area contributed by atoms with Gasteiger partial charge in [0.25, 0.3) is 0 Å². The molecule has 0 aliphatic rings. The van der Waals surface area contributed by atoms with Crippen molar-refractivity contribution in [2.75, 3.05) is 19.0 Å². The molecular weight excluding hydrogens is 346 g/mol. The molecule has 0 spiro atoms. The highest BCUT2D eigenvalue weighted by atomic mass is 32.1. The van der Waals surface area contributed by atoms with Gasteiger partial charge in [0.15, 0.2) is 5.13 Å². The van der Waals surface area contributed by atoms with E-state index in [-0.39, 0.29) is 6.03 Å². The predicted molar refractivity (Wildman–Crippen MR) is 106 cm³/mol. The van der Waals surface area contributed by atoms with Crippen molar-refractivity contribution in [3.63, 3.8) is 0 Å². The third kappa shape index (κ3) is 5.07. The lowest BCUT2D eigenvalue weighted by atomic mass is 10.1. The number of aryl methyl sites for hydroxylation is 1. The molecule has 0 unspecified atom stereocenters. The molecule has 3 aromatic rings. The van der Waals surface area contributed by atoms with Crippen LogP contribution >= 0.6 is 11.3 Å². The van der Waals surface area contributed by atoms with Gasteiger partial charge in [-0.2, -0.15) is 0 Å². The van der Waals surface area contributed by atoms with Crippen molar-refractivity contribution in [3.8, 4) is 17.0 Å². The van der Waals surface area contributed by atoms with E-state index in [2.05, 4.69) is 27.8 Å². The van der Waals surface area contributed by atoms with Crippen molar-refractivity contribution in [3.05, 3.63) is 65.5 Å². The van der Waals surface area contributed by atoms with E-state index in [4.69, 9.17) is 4.74 Å². The molecule has 0 saturated heterocycles. The molecule has 26 heavy (non-hydrogen) atoms. The second-order valence-electron chi connectivity index (χ2n) is 5.74. The van der Waals surface area contributed by atoms with Gasteiger partial charge in [-0.1, -0.05) is 42.5 Å². The molecule has 0 aliphatic carbocycles. The summed E-state index contributed by atoms with van der Waals surface area (Å²) >= 11 is 1.40. The molecule has 0 radical (unpaired) electrons. The topological polar surface area (TPSA) is 63.2 Å². The molecule has 2 aromatic carbocycles. The van der Waals surface area contributed by atoms with Gasteiger partial charge in [-0.05, 0) is 30.5 Å². The highest BCUT2D eigenvalue weighted by molar-refractivity contribution is 7.14. The number of nitrogens with zero attached hydrogens (tertiary/aromatic N) is 1. The summed E-state index contributed by atoms with van der Waals surface area (Å²) in [5.74, 6) is 0.779. The number of anilines is 1. The van der Waals surface area contributed by atoms with Gasteiger partial charge in [-0.15, -0.1) is 11.3 Å². The Kier molecular flexibility index (Phi) is 6.22. The van der Waals surface area contributed by atoms with Crippen LogP contribution in [-0.4, -0.2) is 24.7 Å². The molecule has 2 amide bonds. The van der Waals surface area contributed by atoms with Crippen molar-refractivity contribution < 1.29 is 9.53 Å². The molecule has 0 atom stereocenters. The SMILES string of the molecule is COc1cccc(-c2csc(NC(=O)NCCCc3ccccc3)n2)c1. The molecule has 1 aromatic heterocycles. The first-order valence-electron chi connectivity index (χ1n) is 8.43. The summed E-state index contributed by atoms with van der Waals surface area (Å²) in [5, 5.41) is 8.14. The highest BCUT2D eigenvalue weighted by Gasteiger charge is 2.08. The smallest absolute Gasteiger partial charge is 0.321 e. The predicted octanol–water partition coefficient (Wildman–Crippen LogP) is 4.57. The summed E-state index contributed by atoms with van der Waals surface area (Å²) in [4.78, 5) is 16.5. The Bertz CT molecular complexity index is 849. The molecule has 1 heterocycles. The zero-order valence-corrected chi connectivity index (χ0v) is 15.4. The number of carbonyl (C=O) groups excluding carboxylic acids is 1. The van der Waals surface area contributed by atoms with Crippen LogP contribution in [0.3, 0.4) is 0 Å². The van der Waals surface area contributed by atoms with E-state index in [0.29, 0.717) is 11.7 Å². The maximum Gasteiger partial charge on any atom is 0.321 e. The number of ether oxygens (including phenoxy) is 1. The number of hydrogen-bond donors (Lipinski definition) is 2. The third-order valence-electron chi connectivity index (χ3n) is 3.86. The zero-order chi connectivity index (χ0) is 18.2. The standard InChI is InChI=1S/C20H21N3O2S/c1-25-17-11-5-10-16(13-17)18-14-26-20(22-18)23-19(24)21-12-6-9-15-7-3-2-4-8-15/h2-5,7-8,10-11,13-14H,6,9,12H2,1H3,(H2,21,22,23,24). The minimum Gasteiger partial charge on any atom is -0.497 e. The van der Waals surface area contributed by atoms with Crippen molar-refractivity contribution in [2.24, 2.45) is 0 Å². The van der Waals surface area contributed by atoms with Crippen LogP contribution in [0.5, 0.6) is 5.75 Å². The quantitative estimate of drug-likeness (QED) is 0.601. The Morgan fingerprint density at radius 2 is 2.00 bits per heavy atom. The van der Waals surface area contributed by atoms with E-state index >= 15 is 0 Å². The van der Waals surface area contributed by atoms with Gasteiger partial charge in [-0.25, -0.2) is 9.78 Å². The number of amides is 2. The fraction of sp³-hybridized carbons (Fsp3) is 0.200. The van der Waals surface area contributed by atoms with Crippen LogP contribution in [0.4, 0.5) is 9.93 Å². The van der Waals surface area contributed by atoms with Crippen LogP contribution in [0.25, 0.3) is 11.3 Å². The van der Waals surface area contributed by atoms with Crippen LogP contribution in [-0.2, 0) is 6.42 Å². The molecule has 5 nitrogen and oxygen atoms in total. The maximum absolute atomic E-state index is 12.0. The number of rotatable bonds is 7. The number of aromatic nitrogens is 1. The summed E-state index contributed by atoms with van der Waals surface area (Å²) in [5.41, 5.74) is 3.04. The summed E-state index contributed by atoms with van der Waals surface area (Å²) in [6.45, 7) is 0.620. The first-order valence-corrected chi connectivity index (χ1v) is 9.31. The van der Waals surface area contributed by atoms with E-state index in [1.54, 1.807) is 7.11 Å². The number of methoxy groups -OCH3 is 1. The maximum atomic E-state index is 12.0. The summed E-state index contributed by atoms with van der Waals surface area (Å²) < 4.78 is 5.23. The van der Waals surface area contributed by atoms with Crippen molar-refractivity contribution in [1.82, 2.24) is 10.3 Å². The second kappa shape index (κ2) is 9.01. The molecule has 3 rings (SSSR count). The normalized spacial score (nSPS) is 10.3. The molecule has 0 aliphatic heterocycles. The number of nitrogens with one attached hydrogen (secondary N) is 2. The van der Waals surface area contributed by atoms with E-state index < -0.39 is 0 Å². The summed E-state index contributed by atoms with van der Waals surface area (Å²) in [7, 11) is 1.63. The number of carbonyl (C=O) groups is 1. The average molecular weight is 367 g/mol. The Balaban J connectivity index is 1.46. The second-order valence-corrected chi connectivity index (χ2v) is 6.60. The number of hydrogen-bond acceptors (Lipinski definition) is 4. The van der Waals surface area contributed by atoms with Crippen molar-refractivity contribution in [2.45, 2.75) is 12.8 Å². The van der Waals surface area contributed by atoms with Crippen LogP contribution in [0.2, 0.25) is 0 Å². The van der Waals surface area contributed by atoms with Gasteiger partial charge in [0.2, 0.25) is 0 Å². The Morgan fingerprint density at radius 1 is 1.15 bits per heavy atom. The first-order chi connectivity index (χ1) is 12.7. The van der Waals surface area contributed by atoms with Crippen molar-refractivity contribution in [1.29, 1.82) is 0 Å². The minimum atomic E-state index is -0.232. The van der Waals surface area contributed by atoms with E-state index in [0.717, 1.165) is 29.8 Å². The minimum absolute atomic E-state index is 0.232. The fourth-order valence-corrected chi connectivity index (χ4v) is 3.24. The van der Waals surface area contributed by atoms with E-state index in [1.807, 2.05) is 47.8 Å². The Labute approximate surface area is 157 Å². The Morgan fingerprint density at radius 3 is 2.81 bits per heavy atom. The molecule has 2 N–H and O–H groups in total. The van der Waals surface area contributed by atoms with Crippen molar-refractivity contribution >= 4 is 22.5 Å². The molecule has 134 valence electrons. The first kappa shape index (κ1) is 17.9. The molecule has 0 saturated carbocycles.